The summed E-state index contributed by atoms with van der Waals surface area (Å²) in [5.41, 5.74) is 0. The van der Waals surface area contributed by atoms with Crippen LogP contribution < -0.4 is 10.0 Å². The van der Waals surface area contributed by atoms with E-state index in [0.29, 0.717) is 0 Å². The molecule has 4 aliphatic heterocycles. The second-order valence-corrected chi connectivity index (χ2v) is 20.0. The lowest BCUT2D eigenvalue weighted by Crippen LogP contribution is -2.71. The molecular formula is C26H42N2O37S5. The van der Waals surface area contributed by atoms with Gasteiger partial charge < -0.3 is 79.3 Å². The first-order valence-corrected chi connectivity index (χ1v) is 25.4. The van der Waals surface area contributed by atoms with E-state index in [2.05, 4.69) is 16.7 Å². The average Bonchev–Trinajstić information content (AvgIpc) is 3.18. The zero-order valence-corrected chi connectivity index (χ0v) is 38.2. The van der Waals surface area contributed by atoms with Crippen LogP contribution in [0.15, 0.2) is 0 Å². The fourth-order valence-electron chi connectivity index (χ4n) is 7.05. The number of aliphatic hydroxyl groups excluding tert-OH is 6. The molecule has 4 saturated heterocycles. The van der Waals surface area contributed by atoms with Crippen molar-refractivity contribution in [2.45, 2.75) is 130 Å². The van der Waals surface area contributed by atoms with E-state index in [1.165, 1.54) is 4.72 Å². The van der Waals surface area contributed by atoms with Gasteiger partial charge in [0.1, 0.15) is 73.1 Å². The number of ether oxygens (including phenoxy) is 7. The predicted molar refractivity (Wildman–Crippen MR) is 201 cm³/mol. The first-order chi connectivity index (χ1) is 31.8. The summed E-state index contributed by atoms with van der Waals surface area (Å²) in [6.07, 6.45) is -49.1. The Kier molecular flexibility index (Phi) is 19.5. The molecule has 20 atom stereocenters. The Morgan fingerprint density at radius 3 is 1.44 bits per heavy atom. The number of nitrogens with one attached hydrogen (secondary N) is 2. The van der Waals surface area contributed by atoms with Gasteiger partial charge in [0.25, 0.3) is 0 Å². The molecule has 70 heavy (non-hydrogen) atoms. The fraction of sp³-hybridized carbons (Fsp3) is 0.885. The van der Waals surface area contributed by atoms with E-state index in [9.17, 15) is 116 Å². The summed E-state index contributed by atoms with van der Waals surface area (Å²) in [6.45, 7) is -2.24. The van der Waals surface area contributed by atoms with E-state index in [4.69, 9.17) is 37.7 Å². The maximum Gasteiger partial charge on any atom is 0.397 e. The Labute approximate surface area is 391 Å². The number of aliphatic carboxylic acids is 2. The number of carboxylic acids is 2. The Balaban J connectivity index is 1.83. The average molecular weight is 1130 g/mol. The summed E-state index contributed by atoms with van der Waals surface area (Å²) < 4.78 is 222. The summed E-state index contributed by atoms with van der Waals surface area (Å²) in [7, 11) is -29.1. The van der Waals surface area contributed by atoms with Crippen LogP contribution in [-0.2, 0) is 116 Å². The molecule has 0 unspecified atom stereocenters. The van der Waals surface area contributed by atoms with Crippen molar-refractivity contribution in [2.24, 2.45) is 0 Å². The quantitative estimate of drug-likeness (QED) is 0.0475. The van der Waals surface area contributed by atoms with Crippen molar-refractivity contribution >= 4 is 69.7 Å². The second-order valence-electron chi connectivity index (χ2n) is 14.6. The fourth-order valence-corrected chi connectivity index (χ4v) is 9.43. The van der Waals surface area contributed by atoms with Crippen LogP contribution in [0.5, 0.6) is 0 Å². The van der Waals surface area contributed by atoms with E-state index in [1.807, 2.05) is 5.32 Å². The van der Waals surface area contributed by atoms with Crippen molar-refractivity contribution in [3.05, 3.63) is 0 Å². The number of carboxylic acid groups (broad SMARTS) is 2. The normalized spacial score (nSPS) is 39.2. The molecule has 44 heteroatoms. The van der Waals surface area contributed by atoms with Crippen LogP contribution in [0.25, 0.3) is 0 Å². The molecule has 4 fully saturated rings. The molecule has 0 aromatic rings. The summed E-state index contributed by atoms with van der Waals surface area (Å²) in [5.74, 6) is -5.49. The van der Waals surface area contributed by atoms with E-state index < -0.39 is 206 Å². The zero-order valence-electron chi connectivity index (χ0n) is 34.1. The SMILES string of the molecule is CC(=O)N[C@@H]1[C@@H](O)[C@H](O[C@@H]2O[C@H](C(=O)O)[C@@H](O[C@@H]3O[C@H](CO)[C@@H](O[C@H]4O[C@@H](C(=O)O)[C@H](O)[C@@H](O)[C@@H]4OS(=O)(=O)O)[C@H](OS(=O)(=O)O)[C@H]3NS(=O)(=O)O)[C@H](O)[C@H]2OS(=O)(=O)O)[C@H](COS(=O)(=O)O)O[C@H]1O. The molecule has 408 valence electrons. The molecular weight excluding hydrogens is 1090 g/mol. The minimum atomic E-state index is -6.09. The van der Waals surface area contributed by atoms with Gasteiger partial charge in [0.05, 0.1) is 13.2 Å². The van der Waals surface area contributed by atoms with Gasteiger partial charge in [0.2, 0.25) is 5.91 Å². The third-order valence-electron chi connectivity index (χ3n) is 9.68. The van der Waals surface area contributed by atoms with Crippen molar-refractivity contribution in [1.82, 2.24) is 10.0 Å². The summed E-state index contributed by atoms with van der Waals surface area (Å²) in [6, 6.07) is -4.96. The number of hydrogen-bond acceptors (Lipinski definition) is 30. The summed E-state index contributed by atoms with van der Waals surface area (Å²) >= 11 is 0. The summed E-state index contributed by atoms with van der Waals surface area (Å²) in [5, 5.41) is 86.0. The van der Waals surface area contributed by atoms with Gasteiger partial charge in [0, 0.05) is 6.92 Å². The molecule has 0 bridgehead atoms. The molecule has 0 aliphatic carbocycles. The molecule has 0 aromatic heterocycles. The van der Waals surface area contributed by atoms with Crippen LogP contribution in [0.3, 0.4) is 0 Å². The number of amides is 1. The van der Waals surface area contributed by atoms with Crippen LogP contribution in [-0.4, -0.2) is 259 Å². The number of rotatable bonds is 21. The van der Waals surface area contributed by atoms with Crippen molar-refractivity contribution in [3.63, 3.8) is 0 Å². The van der Waals surface area contributed by atoms with E-state index in [1.54, 1.807) is 0 Å². The first-order valence-electron chi connectivity index (χ1n) is 18.5. The minimum absolute atomic E-state index is 0.840. The first kappa shape index (κ1) is 59.8. The smallest absolute Gasteiger partial charge is 0.397 e. The highest BCUT2D eigenvalue weighted by atomic mass is 32.3. The van der Waals surface area contributed by atoms with Gasteiger partial charge in [-0.05, 0) is 0 Å². The number of carbonyl (C=O) groups is 3. The van der Waals surface area contributed by atoms with Gasteiger partial charge in [-0.2, -0.15) is 46.8 Å². The highest BCUT2D eigenvalue weighted by Gasteiger charge is 2.60. The molecule has 15 N–H and O–H groups in total. The second kappa shape index (κ2) is 22.8. The molecule has 0 aromatic carbocycles. The maximum absolute atomic E-state index is 12.7. The van der Waals surface area contributed by atoms with Crippen molar-refractivity contribution in [1.29, 1.82) is 0 Å². The minimum Gasteiger partial charge on any atom is -0.479 e. The van der Waals surface area contributed by atoms with Crippen LogP contribution in [0.4, 0.5) is 0 Å². The van der Waals surface area contributed by atoms with Gasteiger partial charge in [0.15, 0.2) is 49.6 Å². The van der Waals surface area contributed by atoms with Crippen LogP contribution in [0.1, 0.15) is 6.92 Å². The molecule has 4 rings (SSSR count). The highest BCUT2D eigenvalue weighted by molar-refractivity contribution is 7.83. The van der Waals surface area contributed by atoms with Gasteiger partial charge >= 0.3 is 63.8 Å². The van der Waals surface area contributed by atoms with E-state index in [0.717, 1.165) is 6.92 Å². The van der Waals surface area contributed by atoms with Crippen LogP contribution >= 0.6 is 0 Å². The number of hydrogen-bond donors (Lipinski definition) is 15. The molecule has 4 aliphatic rings. The van der Waals surface area contributed by atoms with Crippen LogP contribution in [0.2, 0.25) is 0 Å². The van der Waals surface area contributed by atoms with Crippen molar-refractivity contribution < 1.29 is 170 Å². The molecule has 1 amide bonds. The zero-order chi connectivity index (χ0) is 53.4. The lowest BCUT2D eigenvalue weighted by molar-refractivity contribution is -0.366. The lowest BCUT2D eigenvalue weighted by Gasteiger charge is -2.50. The molecule has 39 nitrogen and oxygen atoms in total. The Morgan fingerprint density at radius 1 is 0.514 bits per heavy atom. The van der Waals surface area contributed by atoms with Crippen molar-refractivity contribution in [3.8, 4) is 0 Å². The lowest BCUT2D eigenvalue weighted by atomic mass is 9.94. The molecule has 0 radical (unpaired) electrons. The van der Waals surface area contributed by atoms with Crippen LogP contribution in [0, 0.1) is 0 Å². The van der Waals surface area contributed by atoms with E-state index in [-0.39, 0.29) is 0 Å². The third kappa shape index (κ3) is 16.1. The monoisotopic (exact) mass is 1130 g/mol. The van der Waals surface area contributed by atoms with Crippen molar-refractivity contribution in [2.75, 3.05) is 13.2 Å². The maximum atomic E-state index is 12.7. The highest BCUT2D eigenvalue weighted by Crippen LogP contribution is 2.37. The number of aliphatic hydroxyl groups is 6. The number of carbonyl (C=O) groups excluding carboxylic acids is 1. The third-order valence-corrected chi connectivity index (χ3v) is 12.1. The topological polar surface area (TPSA) is 610 Å². The largest absolute Gasteiger partial charge is 0.479 e. The molecule has 0 saturated carbocycles. The van der Waals surface area contributed by atoms with E-state index >= 15 is 0 Å². The standard InChI is InChI=1S/C26H42N2O37S5/c1-4(30)27-7-9(31)13(6(56-23(7)39)3-55-67(43,44)45)58-26-19(65-70(52,53)54)12(34)16(20(62-26)22(37)38)60-24-8(28-66(40,41)42)15(63-68(46,47)48)14(5(2-29)57-24)59-25-18(64-69(49,50)51)11(33)10(32)17(61-25)21(35)36/h5-20,23-26,28-29,31-34,39H,2-3H2,1H3,(H,27,30)(H,35,36)(H,37,38)(H,40,41,42)(H,43,44,45)(H,46,47,48)(H,49,50,51)(H,52,53,54)/t5-,6+,7-,8-,9-,10-,11-,12+,13-,14-,15-,16+,17-,18+,19-,20+,23-,24+,25+,26-/m1/s1. The Bertz CT molecular complexity index is 2440. The van der Waals surface area contributed by atoms with Gasteiger partial charge in [-0.25, -0.2) is 26.3 Å². The van der Waals surface area contributed by atoms with Gasteiger partial charge in [-0.3, -0.25) is 27.6 Å². The van der Waals surface area contributed by atoms with Gasteiger partial charge in [-0.15, -0.1) is 0 Å². The Hall–Kier alpha value is -2.76. The molecule has 4 heterocycles. The predicted octanol–water partition coefficient (Wildman–Crippen LogP) is -10.7. The summed E-state index contributed by atoms with van der Waals surface area (Å²) in [4.78, 5) is 36.4. The van der Waals surface area contributed by atoms with Gasteiger partial charge in [-0.1, -0.05) is 0 Å². The Morgan fingerprint density at radius 2 is 0.986 bits per heavy atom. The molecule has 0 spiro atoms.